The van der Waals surface area contributed by atoms with Crippen LogP contribution in [-0.2, 0) is 10.0 Å². The number of fused-ring (bicyclic) bond motifs is 2. The van der Waals surface area contributed by atoms with Gasteiger partial charge in [-0.25, -0.2) is 8.42 Å². The molecule has 0 radical (unpaired) electrons. The molecule has 124 valence electrons. The van der Waals surface area contributed by atoms with Gasteiger partial charge in [0.1, 0.15) is 0 Å². The van der Waals surface area contributed by atoms with E-state index in [0.717, 1.165) is 19.5 Å². The van der Waals surface area contributed by atoms with Crippen molar-refractivity contribution in [3.8, 4) is 0 Å². The van der Waals surface area contributed by atoms with Crippen molar-refractivity contribution in [2.24, 2.45) is 5.41 Å². The molecule has 4 nitrogen and oxygen atoms in total. The molecular weight excluding hydrogens is 284 g/mol. The predicted octanol–water partition coefficient (Wildman–Crippen LogP) is 2.70. The number of nitrogens with zero attached hydrogens (tertiary/aromatic N) is 2. The second-order valence-electron chi connectivity index (χ2n) is 7.99. The summed E-state index contributed by atoms with van der Waals surface area (Å²) in [4.78, 5) is 2.53. The molecule has 0 spiro atoms. The first kappa shape index (κ1) is 17.2. The van der Waals surface area contributed by atoms with Crippen LogP contribution in [0.3, 0.4) is 0 Å². The van der Waals surface area contributed by atoms with Crippen molar-refractivity contribution in [3.05, 3.63) is 0 Å². The number of hydrogen-bond donors (Lipinski definition) is 0. The standard InChI is InChI=1S/C16H32N2O2S/c1-6-8-13(7-2)17-10-14-9-15(11-17)18(14)21(19,20)12-16(3,4)5/h13-15H,6-12H2,1-5H3. The molecule has 3 atom stereocenters. The maximum Gasteiger partial charge on any atom is 0.215 e. The van der Waals surface area contributed by atoms with Crippen LogP contribution in [0.15, 0.2) is 0 Å². The lowest BCUT2D eigenvalue weighted by Gasteiger charge is -2.57. The smallest absolute Gasteiger partial charge is 0.215 e. The molecule has 0 saturated carbocycles. The van der Waals surface area contributed by atoms with Crippen LogP contribution in [0.2, 0.25) is 0 Å². The van der Waals surface area contributed by atoms with Crippen molar-refractivity contribution in [1.82, 2.24) is 9.21 Å². The highest BCUT2D eigenvalue weighted by atomic mass is 32.2. The molecule has 3 aliphatic rings. The fourth-order valence-electron chi connectivity index (χ4n) is 3.96. The Hall–Kier alpha value is -0.130. The monoisotopic (exact) mass is 316 g/mol. The van der Waals surface area contributed by atoms with Gasteiger partial charge in [0.05, 0.1) is 5.75 Å². The summed E-state index contributed by atoms with van der Waals surface area (Å²) >= 11 is 0. The van der Waals surface area contributed by atoms with Gasteiger partial charge in [0, 0.05) is 31.2 Å². The molecule has 0 aromatic carbocycles. The lowest BCUT2D eigenvalue weighted by atomic mass is 9.89. The van der Waals surface area contributed by atoms with Crippen molar-refractivity contribution < 1.29 is 8.42 Å². The summed E-state index contributed by atoms with van der Waals surface area (Å²) in [6.45, 7) is 12.3. The molecule has 3 aliphatic heterocycles. The van der Waals surface area contributed by atoms with E-state index in [2.05, 4.69) is 18.7 Å². The van der Waals surface area contributed by atoms with Gasteiger partial charge in [0.15, 0.2) is 0 Å². The van der Waals surface area contributed by atoms with Crippen molar-refractivity contribution in [2.75, 3.05) is 18.8 Å². The Labute approximate surface area is 130 Å². The third-order valence-corrected chi connectivity index (χ3v) is 7.17. The van der Waals surface area contributed by atoms with Crippen molar-refractivity contribution >= 4 is 10.0 Å². The minimum Gasteiger partial charge on any atom is -0.297 e. The van der Waals surface area contributed by atoms with E-state index >= 15 is 0 Å². The summed E-state index contributed by atoms with van der Waals surface area (Å²) in [5, 5.41) is 0. The highest BCUT2D eigenvalue weighted by Crippen LogP contribution is 2.38. The summed E-state index contributed by atoms with van der Waals surface area (Å²) in [5.74, 6) is 0.263. The van der Waals surface area contributed by atoms with E-state index < -0.39 is 10.0 Å². The van der Waals surface area contributed by atoms with Crippen LogP contribution in [0, 0.1) is 5.41 Å². The Kier molecular flexibility index (Phi) is 5.06. The summed E-state index contributed by atoms with van der Waals surface area (Å²) in [6.07, 6.45) is 4.66. The maximum absolute atomic E-state index is 12.6. The van der Waals surface area contributed by atoms with Gasteiger partial charge >= 0.3 is 0 Å². The predicted molar refractivity (Wildman–Crippen MR) is 87.8 cm³/mol. The third kappa shape index (κ3) is 3.80. The first-order chi connectivity index (χ1) is 9.68. The molecule has 3 unspecified atom stereocenters. The van der Waals surface area contributed by atoms with Crippen LogP contribution in [-0.4, -0.2) is 54.6 Å². The second kappa shape index (κ2) is 6.17. The van der Waals surface area contributed by atoms with Gasteiger partial charge in [-0.15, -0.1) is 0 Å². The minimum atomic E-state index is -3.10. The van der Waals surface area contributed by atoms with E-state index in [1.807, 2.05) is 25.1 Å². The van der Waals surface area contributed by atoms with E-state index in [1.54, 1.807) is 0 Å². The Bertz CT molecular complexity index is 443. The molecule has 0 aliphatic carbocycles. The van der Waals surface area contributed by atoms with Crippen molar-refractivity contribution in [2.45, 2.75) is 78.4 Å². The number of rotatable bonds is 6. The summed E-state index contributed by atoms with van der Waals surface area (Å²) < 4.78 is 27.1. The van der Waals surface area contributed by atoms with Gasteiger partial charge in [0.25, 0.3) is 0 Å². The molecule has 0 N–H and O–H groups in total. The number of piperazine rings is 1. The van der Waals surface area contributed by atoms with Gasteiger partial charge in [-0.05, 0) is 24.7 Å². The number of sulfonamides is 1. The van der Waals surface area contributed by atoms with Crippen LogP contribution in [0.1, 0.15) is 60.3 Å². The Morgan fingerprint density at radius 1 is 1.14 bits per heavy atom. The van der Waals surface area contributed by atoms with E-state index in [1.165, 1.54) is 19.3 Å². The second-order valence-corrected chi connectivity index (χ2v) is 9.87. The topological polar surface area (TPSA) is 40.6 Å². The van der Waals surface area contributed by atoms with E-state index in [4.69, 9.17) is 0 Å². The zero-order valence-corrected chi connectivity index (χ0v) is 15.1. The molecule has 3 fully saturated rings. The normalized spacial score (nSPS) is 29.2. The number of hydrogen-bond acceptors (Lipinski definition) is 3. The fraction of sp³-hybridized carbons (Fsp3) is 1.00. The molecule has 3 rings (SSSR count). The molecule has 0 aromatic heterocycles. The van der Waals surface area contributed by atoms with Crippen molar-refractivity contribution in [3.63, 3.8) is 0 Å². The fourth-order valence-corrected chi connectivity index (χ4v) is 6.42. The lowest BCUT2D eigenvalue weighted by molar-refractivity contribution is -0.0290. The van der Waals surface area contributed by atoms with Crippen molar-refractivity contribution in [1.29, 1.82) is 0 Å². The molecular formula is C16H32N2O2S. The molecule has 5 heteroatoms. The molecule has 3 heterocycles. The van der Waals surface area contributed by atoms with Crippen LogP contribution in [0.5, 0.6) is 0 Å². The van der Waals surface area contributed by atoms with Gasteiger partial charge in [0.2, 0.25) is 10.0 Å². The highest BCUT2D eigenvalue weighted by Gasteiger charge is 2.51. The average Bonchev–Trinajstić information content (AvgIpc) is 2.32. The lowest BCUT2D eigenvalue weighted by Crippen LogP contribution is -2.71. The first-order valence-corrected chi connectivity index (χ1v) is 10.0. The Balaban J connectivity index is 2.01. The highest BCUT2D eigenvalue weighted by molar-refractivity contribution is 7.89. The quantitative estimate of drug-likeness (QED) is 0.756. The Morgan fingerprint density at radius 3 is 2.14 bits per heavy atom. The molecule has 3 saturated heterocycles. The molecule has 2 bridgehead atoms. The minimum absolute atomic E-state index is 0.170. The maximum atomic E-state index is 12.6. The Morgan fingerprint density at radius 2 is 1.71 bits per heavy atom. The molecule has 21 heavy (non-hydrogen) atoms. The van der Waals surface area contributed by atoms with Gasteiger partial charge in [-0.2, -0.15) is 4.31 Å². The number of piperidine rings is 1. The van der Waals surface area contributed by atoms with E-state index in [9.17, 15) is 8.42 Å². The molecule has 0 aromatic rings. The van der Waals surface area contributed by atoms with Crippen LogP contribution < -0.4 is 0 Å². The summed E-state index contributed by atoms with van der Waals surface area (Å²) in [6, 6.07) is 1.08. The van der Waals surface area contributed by atoms with E-state index in [-0.39, 0.29) is 23.3 Å². The largest absolute Gasteiger partial charge is 0.297 e. The zero-order chi connectivity index (χ0) is 15.8. The zero-order valence-electron chi connectivity index (χ0n) is 14.3. The first-order valence-electron chi connectivity index (χ1n) is 8.43. The van der Waals surface area contributed by atoms with Crippen LogP contribution in [0.25, 0.3) is 0 Å². The molecule has 0 amide bonds. The van der Waals surface area contributed by atoms with Crippen LogP contribution >= 0.6 is 0 Å². The third-order valence-electron chi connectivity index (χ3n) is 4.70. The van der Waals surface area contributed by atoms with Gasteiger partial charge in [-0.3, -0.25) is 4.90 Å². The average molecular weight is 317 g/mol. The van der Waals surface area contributed by atoms with Gasteiger partial charge in [-0.1, -0.05) is 41.0 Å². The van der Waals surface area contributed by atoms with Gasteiger partial charge < -0.3 is 0 Å². The van der Waals surface area contributed by atoms with E-state index in [0.29, 0.717) is 6.04 Å². The SMILES string of the molecule is CCCC(CC)N1CC2CC(C1)N2S(=O)(=O)CC(C)(C)C. The van der Waals surface area contributed by atoms with Crippen LogP contribution in [0.4, 0.5) is 0 Å². The summed E-state index contributed by atoms with van der Waals surface area (Å²) in [7, 11) is -3.10. The summed E-state index contributed by atoms with van der Waals surface area (Å²) in [5.41, 5.74) is -0.170.